The Morgan fingerprint density at radius 2 is 1.60 bits per heavy atom. The zero-order chi connectivity index (χ0) is 14.9. The van der Waals surface area contributed by atoms with Gasteiger partial charge in [-0.3, -0.25) is 0 Å². The third-order valence-corrected chi connectivity index (χ3v) is 4.04. The van der Waals surface area contributed by atoms with Crippen LogP contribution in [0.2, 0.25) is 5.02 Å². The highest BCUT2D eigenvalue weighted by Crippen LogP contribution is 2.38. The average Bonchev–Trinajstić information content (AvgIpc) is 2.37. The van der Waals surface area contributed by atoms with Gasteiger partial charge in [-0.25, -0.2) is 4.39 Å². The molecule has 20 heavy (non-hydrogen) atoms. The average molecular weight is 368 g/mol. The van der Waals surface area contributed by atoms with Crippen molar-refractivity contribution in [2.45, 2.75) is 11.0 Å². The molecule has 1 unspecified atom stereocenters. The summed E-state index contributed by atoms with van der Waals surface area (Å²) in [4.78, 5) is -0.679. The Kier molecular flexibility index (Phi) is 4.39. The van der Waals surface area contributed by atoms with Crippen molar-refractivity contribution < 1.29 is 17.6 Å². The lowest BCUT2D eigenvalue weighted by Crippen LogP contribution is -2.10. The van der Waals surface area contributed by atoms with Crippen LogP contribution in [0.15, 0.2) is 42.5 Å². The van der Waals surface area contributed by atoms with Gasteiger partial charge in [0.25, 0.3) is 0 Å². The number of rotatable bonds is 2. The summed E-state index contributed by atoms with van der Waals surface area (Å²) in [6.07, 6.45) is -4.72. The maximum atomic E-state index is 14.0. The Labute approximate surface area is 126 Å². The van der Waals surface area contributed by atoms with Gasteiger partial charge in [-0.05, 0) is 23.8 Å². The molecule has 0 saturated heterocycles. The van der Waals surface area contributed by atoms with E-state index in [1.54, 1.807) is 24.3 Å². The minimum Gasteiger partial charge on any atom is -0.206 e. The summed E-state index contributed by atoms with van der Waals surface area (Å²) < 4.78 is 52.0. The third kappa shape index (κ3) is 3.15. The molecule has 0 aliphatic heterocycles. The van der Waals surface area contributed by atoms with Crippen molar-refractivity contribution in [3.8, 4) is 0 Å². The van der Waals surface area contributed by atoms with E-state index in [0.717, 1.165) is 6.07 Å². The lowest BCUT2D eigenvalue weighted by atomic mass is 10.0. The fourth-order valence-electron chi connectivity index (χ4n) is 1.78. The lowest BCUT2D eigenvalue weighted by Gasteiger charge is -2.15. The summed E-state index contributed by atoms with van der Waals surface area (Å²) in [6, 6.07) is 9.67. The standard InChI is InChI=1S/C14H8BrClF4/c15-12(8-4-6-9(16)7-5-8)10-2-1-3-11(13(10)17)14(18,19)20/h1-7,12H. The SMILES string of the molecule is Fc1c(C(Br)c2ccc(Cl)cc2)cccc1C(F)(F)F. The molecule has 0 aromatic heterocycles. The Morgan fingerprint density at radius 3 is 2.15 bits per heavy atom. The first-order chi connectivity index (χ1) is 9.30. The smallest absolute Gasteiger partial charge is 0.206 e. The van der Waals surface area contributed by atoms with Gasteiger partial charge in [0.2, 0.25) is 0 Å². The molecule has 0 spiro atoms. The van der Waals surface area contributed by atoms with Crippen molar-refractivity contribution >= 4 is 27.5 Å². The number of halogens is 6. The number of alkyl halides is 4. The van der Waals surface area contributed by atoms with Gasteiger partial charge < -0.3 is 0 Å². The zero-order valence-electron chi connectivity index (χ0n) is 9.89. The van der Waals surface area contributed by atoms with Gasteiger partial charge in [-0.2, -0.15) is 13.2 Å². The number of benzene rings is 2. The van der Waals surface area contributed by atoms with Crippen molar-refractivity contribution in [2.24, 2.45) is 0 Å². The third-order valence-electron chi connectivity index (χ3n) is 2.77. The van der Waals surface area contributed by atoms with Crippen molar-refractivity contribution in [1.82, 2.24) is 0 Å². The minimum absolute atomic E-state index is 0.0675. The first-order valence-corrected chi connectivity index (χ1v) is 6.85. The summed E-state index contributed by atoms with van der Waals surface area (Å²) in [5.41, 5.74) is -0.719. The van der Waals surface area contributed by atoms with Gasteiger partial charge in [-0.15, -0.1) is 0 Å². The highest BCUT2D eigenvalue weighted by atomic mass is 79.9. The van der Waals surface area contributed by atoms with Gasteiger partial charge >= 0.3 is 6.18 Å². The van der Waals surface area contributed by atoms with Crippen molar-refractivity contribution in [2.75, 3.05) is 0 Å². The van der Waals surface area contributed by atoms with Crippen LogP contribution in [-0.4, -0.2) is 0 Å². The van der Waals surface area contributed by atoms with Crippen LogP contribution in [-0.2, 0) is 6.18 Å². The molecule has 0 heterocycles. The van der Waals surface area contributed by atoms with Crippen molar-refractivity contribution in [3.63, 3.8) is 0 Å². The van der Waals surface area contributed by atoms with Gasteiger partial charge in [0.15, 0.2) is 0 Å². The summed E-state index contributed by atoms with van der Waals surface area (Å²) in [6.45, 7) is 0. The van der Waals surface area contributed by atoms with Crippen LogP contribution >= 0.6 is 27.5 Å². The predicted molar refractivity (Wildman–Crippen MR) is 73.6 cm³/mol. The molecule has 0 amide bonds. The molecule has 0 N–H and O–H groups in total. The molecule has 2 rings (SSSR count). The predicted octanol–water partition coefficient (Wildman–Crippen LogP) is 5.98. The van der Waals surface area contributed by atoms with E-state index in [9.17, 15) is 17.6 Å². The zero-order valence-corrected chi connectivity index (χ0v) is 12.2. The van der Waals surface area contributed by atoms with Gasteiger partial charge in [0.1, 0.15) is 5.82 Å². The van der Waals surface area contributed by atoms with Crippen molar-refractivity contribution in [3.05, 3.63) is 70.0 Å². The maximum absolute atomic E-state index is 14.0. The first-order valence-electron chi connectivity index (χ1n) is 5.56. The summed E-state index contributed by atoms with van der Waals surface area (Å²) in [7, 11) is 0. The molecule has 0 bridgehead atoms. The monoisotopic (exact) mass is 366 g/mol. The van der Waals surface area contributed by atoms with Crippen LogP contribution in [0.3, 0.4) is 0 Å². The normalized spacial score (nSPS) is 13.3. The molecule has 0 aliphatic carbocycles. The Bertz CT molecular complexity index is 608. The fourth-order valence-corrected chi connectivity index (χ4v) is 2.56. The second-order valence-corrected chi connectivity index (χ2v) is 5.47. The van der Waals surface area contributed by atoms with E-state index in [4.69, 9.17) is 11.6 Å². The van der Waals surface area contributed by atoms with Crippen molar-refractivity contribution in [1.29, 1.82) is 0 Å². The van der Waals surface area contributed by atoms with E-state index < -0.39 is 22.4 Å². The molecule has 0 fully saturated rings. The molecule has 106 valence electrons. The maximum Gasteiger partial charge on any atom is 0.419 e. The van der Waals surface area contributed by atoms with Crippen LogP contribution in [0, 0.1) is 5.82 Å². The van der Waals surface area contributed by atoms with Crippen LogP contribution in [0.1, 0.15) is 21.5 Å². The molecular weight excluding hydrogens is 360 g/mol. The molecular formula is C14H8BrClF4. The highest BCUT2D eigenvalue weighted by Gasteiger charge is 2.35. The fraction of sp³-hybridized carbons (Fsp3) is 0.143. The molecule has 2 aromatic rings. The Balaban J connectivity index is 2.45. The lowest BCUT2D eigenvalue weighted by molar-refractivity contribution is -0.140. The van der Waals surface area contributed by atoms with Gasteiger partial charge in [-0.1, -0.05) is 51.8 Å². The van der Waals surface area contributed by atoms with Crippen LogP contribution in [0.4, 0.5) is 17.6 Å². The second kappa shape index (κ2) is 5.74. The van der Waals surface area contributed by atoms with Gasteiger partial charge in [0, 0.05) is 10.6 Å². The molecule has 1 atom stereocenters. The summed E-state index contributed by atoms with van der Waals surface area (Å²) >= 11 is 8.96. The Hall–Kier alpha value is -1.07. The highest BCUT2D eigenvalue weighted by molar-refractivity contribution is 9.09. The van der Waals surface area contributed by atoms with Gasteiger partial charge in [0.05, 0.1) is 10.4 Å². The molecule has 0 saturated carbocycles. The van der Waals surface area contributed by atoms with Crippen LogP contribution in [0.25, 0.3) is 0 Å². The Morgan fingerprint density at radius 1 is 1.00 bits per heavy atom. The summed E-state index contributed by atoms with van der Waals surface area (Å²) in [5, 5.41) is 0.498. The van der Waals surface area contributed by atoms with E-state index in [2.05, 4.69) is 15.9 Å². The van der Waals surface area contributed by atoms with E-state index in [1.807, 2.05) is 0 Å². The summed E-state index contributed by atoms with van der Waals surface area (Å²) in [5.74, 6) is -1.27. The van der Waals surface area contributed by atoms with Crippen LogP contribution in [0.5, 0.6) is 0 Å². The largest absolute Gasteiger partial charge is 0.419 e. The minimum atomic E-state index is -4.72. The second-order valence-electron chi connectivity index (χ2n) is 4.12. The van der Waals surface area contributed by atoms with E-state index in [1.165, 1.54) is 12.1 Å². The van der Waals surface area contributed by atoms with E-state index in [-0.39, 0.29) is 5.56 Å². The van der Waals surface area contributed by atoms with Crippen LogP contribution < -0.4 is 0 Å². The van der Waals surface area contributed by atoms with E-state index >= 15 is 0 Å². The first kappa shape index (κ1) is 15.3. The van der Waals surface area contributed by atoms with E-state index in [0.29, 0.717) is 10.6 Å². The number of hydrogen-bond acceptors (Lipinski definition) is 0. The molecule has 0 nitrogen and oxygen atoms in total. The molecule has 6 heteroatoms. The molecule has 2 aromatic carbocycles. The topological polar surface area (TPSA) is 0 Å². The molecule has 0 radical (unpaired) electrons. The number of hydrogen-bond donors (Lipinski definition) is 0. The molecule has 0 aliphatic rings. The quantitative estimate of drug-likeness (QED) is 0.452.